The monoisotopic (exact) mass is 420 g/mol. The zero-order valence-corrected chi connectivity index (χ0v) is 17.8. The normalized spacial score (nSPS) is 17.1. The van der Waals surface area contributed by atoms with Gasteiger partial charge in [0.05, 0.1) is 0 Å². The van der Waals surface area contributed by atoms with Crippen molar-refractivity contribution < 1.29 is 13.6 Å². The SMILES string of the molecule is O=C1/C(=C/c2ccc(-c3ccccc3)o2)CCCC/C1=C\c1ccc(-c2ccccc2)o1. The maximum Gasteiger partial charge on any atom is 0.185 e. The molecule has 0 aliphatic heterocycles. The minimum absolute atomic E-state index is 0.0813. The molecular formula is C29H24O3. The van der Waals surface area contributed by atoms with Crippen molar-refractivity contribution in [3.63, 3.8) is 0 Å². The first kappa shape index (κ1) is 20.1. The maximum absolute atomic E-state index is 13.3. The average Bonchev–Trinajstić information content (AvgIpc) is 3.47. The van der Waals surface area contributed by atoms with Gasteiger partial charge in [-0.05, 0) is 62.1 Å². The van der Waals surface area contributed by atoms with Gasteiger partial charge in [-0.25, -0.2) is 0 Å². The van der Waals surface area contributed by atoms with Crippen LogP contribution in [-0.2, 0) is 4.79 Å². The van der Waals surface area contributed by atoms with E-state index in [1.165, 1.54) is 0 Å². The molecule has 1 saturated carbocycles. The summed E-state index contributed by atoms with van der Waals surface area (Å²) in [6.07, 6.45) is 7.26. The molecule has 2 aromatic carbocycles. The Hall–Kier alpha value is -3.85. The van der Waals surface area contributed by atoms with Crippen LogP contribution >= 0.6 is 0 Å². The average molecular weight is 421 g/mol. The standard InChI is InChI=1S/C29H24O3/c30-29-23(19-25-15-17-27(31-25)21-9-3-1-4-10-21)13-7-8-14-24(29)20-26-16-18-28(32-26)22-11-5-2-6-12-22/h1-6,9-12,15-20H,7-8,13-14H2/b23-19+,24-20+. The molecule has 0 N–H and O–H groups in total. The summed E-state index contributed by atoms with van der Waals surface area (Å²) in [5.41, 5.74) is 3.63. The fourth-order valence-electron chi connectivity index (χ4n) is 4.06. The fourth-order valence-corrected chi connectivity index (χ4v) is 4.06. The van der Waals surface area contributed by atoms with Gasteiger partial charge in [-0.1, -0.05) is 60.7 Å². The molecule has 3 nitrogen and oxygen atoms in total. The van der Waals surface area contributed by atoms with Crippen LogP contribution < -0.4 is 0 Å². The van der Waals surface area contributed by atoms with Crippen molar-refractivity contribution in [3.05, 3.63) is 108 Å². The highest BCUT2D eigenvalue weighted by molar-refractivity contribution is 6.13. The molecule has 4 aromatic rings. The zero-order valence-electron chi connectivity index (χ0n) is 17.8. The van der Waals surface area contributed by atoms with Gasteiger partial charge in [0.25, 0.3) is 0 Å². The highest BCUT2D eigenvalue weighted by Gasteiger charge is 2.20. The minimum Gasteiger partial charge on any atom is -0.457 e. The van der Waals surface area contributed by atoms with E-state index in [-0.39, 0.29) is 5.78 Å². The Morgan fingerprint density at radius 2 is 1.00 bits per heavy atom. The third-order valence-corrected chi connectivity index (χ3v) is 5.73. The number of hydrogen-bond acceptors (Lipinski definition) is 3. The summed E-state index contributed by atoms with van der Waals surface area (Å²) in [5.74, 6) is 3.10. The van der Waals surface area contributed by atoms with Crippen LogP contribution in [-0.4, -0.2) is 5.78 Å². The second-order valence-corrected chi connectivity index (χ2v) is 8.01. The first-order valence-corrected chi connectivity index (χ1v) is 11.0. The van der Waals surface area contributed by atoms with E-state index in [2.05, 4.69) is 0 Å². The Balaban J connectivity index is 1.40. The smallest absolute Gasteiger partial charge is 0.185 e. The van der Waals surface area contributed by atoms with Gasteiger partial charge in [0.2, 0.25) is 0 Å². The number of furan rings is 2. The quantitative estimate of drug-likeness (QED) is 0.250. The van der Waals surface area contributed by atoms with E-state index in [1.807, 2.05) is 97.1 Å². The molecular weight excluding hydrogens is 396 g/mol. The number of rotatable bonds is 4. The summed E-state index contributed by atoms with van der Waals surface area (Å²) in [7, 11) is 0. The van der Waals surface area contributed by atoms with E-state index in [9.17, 15) is 4.79 Å². The molecule has 0 spiro atoms. The van der Waals surface area contributed by atoms with Gasteiger partial charge in [0.1, 0.15) is 23.0 Å². The Bertz CT molecular complexity index is 1170. The van der Waals surface area contributed by atoms with Gasteiger partial charge >= 0.3 is 0 Å². The van der Waals surface area contributed by atoms with Gasteiger partial charge < -0.3 is 8.83 Å². The molecule has 1 fully saturated rings. The third kappa shape index (κ3) is 4.42. The van der Waals surface area contributed by atoms with Crippen LogP contribution in [0, 0.1) is 0 Å². The second kappa shape index (κ2) is 9.11. The first-order valence-electron chi connectivity index (χ1n) is 11.0. The van der Waals surface area contributed by atoms with E-state index >= 15 is 0 Å². The Kier molecular flexibility index (Phi) is 5.71. The van der Waals surface area contributed by atoms with E-state index in [1.54, 1.807) is 0 Å². The molecule has 2 heterocycles. The van der Waals surface area contributed by atoms with E-state index in [0.29, 0.717) is 11.5 Å². The van der Waals surface area contributed by atoms with Gasteiger partial charge in [0.15, 0.2) is 5.78 Å². The van der Waals surface area contributed by atoms with Crippen LogP contribution in [0.25, 0.3) is 34.8 Å². The van der Waals surface area contributed by atoms with Crippen LogP contribution in [0.1, 0.15) is 37.2 Å². The lowest BCUT2D eigenvalue weighted by Gasteiger charge is -2.04. The van der Waals surface area contributed by atoms with Gasteiger partial charge in [-0.15, -0.1) is 0 Å². The molecule has 0 radical (unpaired) electrons. The molecule has 0 atom stereocenters. The lowest BCUT2D eigenvalue weighted by atomic mass is 10.0. The Morgan fingerprint density at radius 3 is 1.44 bits per heavy atom. The van der Waals surface area contributed by atoms with Gasteiger partial charge in [-0.2, -0.15) is 0 Å². The Labute approximate surface area is 187 Å². The molecule has 32 heavy (non-hydrogen) atoms. The lowest BCUT2D eigenvalue weighted by Crippen LogP contribution is -2.03. The van der Waals surface area contributed by atoms with Crippen LogP contribution in [0.4, 0.5) is 0 Å². The van der Waals surface area contributed by atoms with E-state index < -0.39 is 0 Å². The zero-order chi connectivity index (χ0) is 21.8. The summed E-state index contributed by atoms with van der Waals surface area (Å²) in [4.78, 5) is 13.3. The number of benzene rings is 2. The molecule has 1 aliphatic rings. The molecule has 5 rings (SSSR count). The molecule has 1 aliphatic carbocycles. The summed E-state index contributed by atoms with van der Waals surface area (Å²) in [5, 5.41) is 0. The summed E-state index contributed by atoms with van der Waals surface area (Å²) >= 11 is 0. The van der Waals surface area contributed by atoms with Crippen molar-refractivity contribution in [3.8, 4) is 22.6 Å². The molecule has 3 heteroatoms. The number of carbonyl (C=O) groups excluding carboxylic acids is 1. The highest BCUT2D eigenvalue weighted by Crippen LogP contribution is 2.30. The number of carbonyl (C=O) groups is 1. The summed E-state index contributed by atoms with van der Waals surface area (Å²) < 4.78 is 12.0. The molecule has 0 amide bonds. The van der Waals surface area contributed by atoms with Crippen LogP contribution in [0.3, 0.4) is 0 Å². The number of hydrogen-bond donors (Lipinski definition) is 0. The predicted molar refractivity (Wildman–Crippen MR) is 128 cm³/mol. The van der Waals surface area contributed by atoms with Crippen molar-refractivity contribution in [1.29, 1.82) is 0 Å². The second-order valence-electron chi connectivity index (χ2n) is 8.01. The Morgan fingerprint density at radius 1 is 0.562 bits per heavy atom. The first-order chi connectivity index (χ1) is 15.8. The van der Waals surface area contributed by atoms with Crippen LogP contribution in [0.5, 0.6) is 0 Å². The molecule has 0 bridgehead atoms. The number of Topliss-reactive ketones (excluding diaryl/α,β-unsaturated/α-hetero) is 1. The molecule has 2 aromatic heterocycles. The highest BCUT2D eigenvalue weighted by atomic mass is 16.3. The largest absolute Gasteiger partial charge is 0.457 e. The minimum atomic E-state index is 0.0813. The van der Waals surface area contributed by atoms with Crippen LogP contribution in [0.2, 0.25) is 0 Å². The number of ketones is 1. The third-order valence-electron chi connectivity index (χ3n) is 5.73. The maximum atomic E-state index is 13.3. The van der Waals surface area contributed by atoms with Gasteiger partial charge in [-0.3, -0.25) is 4.79 Å². The van der Waals surface area contributed by atoms with E-state index in [4.69, 9.17) is 8.83 Å². The molecule has 158 valence electrons. The van der Waals surface area contributed by atoms with E-state index in [0.717, 1.165) is 59.5 Å². The lowest BCUT2D eigenvalue weighted by molar-refractivity contribution is -0.112. The number of allylic oxidation sites excluding steroid dienone is 2. The van der Waals surface area contributed by atoms with Crippen LogP contribution in [0.15, 0.2) is 105 Å². The topological polar surface area (TPSA) is 43.4 Å². The van der Waals surface area contributed by atoms with Crippen molar-refractivity contribution in [2.24, 2.45) is 0 Å². The molecule has 0 unspecified atom stereocenters. The summed E-state index contributed by atoms with van der Waals surface area (Å²) in [6, 6.07) is 27.7. The predicted octanol–water partition coefficient (Wildman–Crippen LogP) is 7.82. The fraction of sp³-hybridized carbons (Fsp3) is 0.138. The van der Waals surface area contributed by atoms with Crippen molar-refractivity contribution in [1.82, 2.24) is 0 Å². The summed E-state index contributed by atoms with van der Waals surface area (Å²) in [6.45, 7) is 0. The molecule has 0 saturated heterocycles. The van der Waals surface area contributed by atoms with Crippen molar-refractivity contribution in [2.45, 2.75) is 25.7 Å². The van der Waals surface area contributed by atoms with Gasteiger partial charge in [0, 0.05) is 22.3 Å². The van der Waals surface area contributed by atoms with Crippen molar-refractivity contribution in [2.75, 3.05) is 0 Å². The van der Waals surface area contributed by atoms with Crippen molar-refractivity contribution >= 4 is 17.9 Å².